The minimum Gasteiger partial charge on any atom is -0.380 e. The molecule has 3 heteroatoms. The molecule has 0 aliphatic carbocycles. The maximum atomic E-state index is 10.6. The van der Waals surface area contributed by atoms with Crippen molar-refractivity contribution in [3.8, 4) is 0 Å². The first kappa shape index (κ1) is 9.43. The molecule has 0 aromatic heterocycles. The van der Waals surface area contributed by atoms with Gasteiger partial charge in [0.2, 0.25) is 5.91 Å². The molecule has 0 aromatic carbocycles. The number of likely N-dealkylation sites (N-methyl/N-ethyl adjacent to an activating group) is 1. The Kier molecular flexibility index (Phi) is 4.94. The molecule has 60 valence electrons. The van der Waals surface area contributed by atoms with Gasteiger partial charge in [0.05, 0.1) is 6.61 Å². The molecule has 0 aliphatic heterocycles. The Balaban J connectivity index is 3.21. The van der Waals surface area contributed by atoms with Crippen LogP contribution in [-0.2, 0) is 9.53 Å². The van der Waals surface area contributed by atoms with Crippen molar-refractivity contribution in [2.75, 3.05) is 26.8 Å². The van der Waals surface area contributed by atoms with Crippen LogP contribution in [0, 0.1) is 0 Å². The molecule has 0 rings (SSSR count). The van der Waals surface area contributed by atoms with Crippen molar-refractivity contribution in [3.05, 3.63) is 0 Å². The van der Waals surface area contributed by atoms with Crippen LogP contribution in [0.1, 0.15) is 13.8 Å². The third-order valence-corrected chi connectivity index (χ3v) is 1.31. The standard InChI is InChI=1S/C7H15NO2/c1-4-10-6-5-8(3)7(2)9/h4-6H2,1-3H3. The summed E-state index contributed by atoms with van der Waals surface area (Å²) in [6.07, 6.45) is 0. The topological polar surface area (TPSA) is 29.5 Å². The number of carbonyl (C=O) groups is 1. The van der Waals surface area contributed by atoms with Gasteiger partial charge in [-0.05, 0) is 6.92 Å². The molecule has 3 nitrogen and oxygen atoms in total. The molecule has 0 N–H and O–H groups in total. The molecule has 0 spiro atoms. The van der Waals surface area contributed by atoms with Gasteiger partial charge in [-0.1, -0.05) is 0 Å². The number of nitrogens with zero attached hydrogens (tertiary/aromatic N) is 1. The summed E-state index contributed by atoms with van der Waals surface area (Å²) in [5.41, 5.74) is 0. The fourth-order valence-electron chi connectivity index (χ4n) is 0.503. The second kappa shape index (κ2) is 5.23. The van der Waals surface area contributed by atoms with Crippen LogP contribution in [0.3, 0.4) is 0 Å². The van der Waals surface area contributed by atoms with E-state index in [1.165, 1.54) is 0 Å². The molecule has 0 aliphatic rings. The van der Waals surface area contributed by atoms with Crippen LogP contribution in [0.4, 0.5) is 0 Å². The van der Waals surface area contributed by atoms with Gasteiger partial charge in [-0.15, -0.1) is 0 Å². The van der Waals surface area contributed by atoms with Gasteiger partial charge in [0.25, 0.3) is 0 Å². The molecule has 0 saturated carbocycles. The predicted octanol–water partition coefficient (Wildman–Crippen LogP) is 0.501. The Labute approximate surface area is 62.0 Å². The monoisotopic (exact) mass is 145 g/mol. The van der Waals surface area contributed by atoms with Gasteiger partial charge < -0.3 is 9.64 Å². The molecular weight excluding hydrogens is 130 g/mol. The molecule has 0 heterocycles. The average molecular weight is 145 g/mol. The summed E-state index contributed by atoms with van der Waals surface area (Å²) in [5.74, 6) is 0.0831. The molecule has 0 fully saturated rings. The lowest BCUT2D eigenvalue weighted by Crippen LogP contribution is -2.27. The number of hydrogen-bond donors (Lipinski definition) is 0. The van der Waals surface area contributed by atoms with Gasteiger partial charge in [-0.25, -0.2) is 0 Å². The quantitative estimate of drug-likeness (QED) is 0.539. The highest BCUT2D eigenvalue weighted by Gasteiger charge is 1.99. The second-order valence-electron chi connectivity index (χ2n) is 2.14. The van der Waals surface area contributed by atoms with E-state index in [1.54, 1.807) is 18.9 Å². The molecule has 1 amide bonds. The van der Waals surface area contributed by atoms with Crippen molar-refractivity contribution in [1.82, 2.24) is 4.90 Å². The highest BCUT2D eigenvalue weighted by Crippen LogP contribution is 1.83. The molecule has 0 aromatic rings. The van der Waals surface area contributed by atoms with Crippen molar-refractivity contribution >= 4 is 5.91 Å². The first-order chi connectivity index (χ1) is 4.68. The molecular formula is C7H15NO2. The molecule has 0 unspecified atom stereocenters. The third kappa shape index (κ3) is 4.32. The summed E-state index contributed by atoms with van der Waals surface area (Å²) in [4.78, 5) is 12.2. The number of amides is 1. The van der Waals surface area contributed by atoms with E-state index in [2.05, 4.69) is 0 Å². The van der Waals surface area contributed by atoms with Crippen molar-refractivity contribution in [1.29, 1.82) is 0 Å². The Bertz CT molecular complexity index is 104. The van der Waals surface area contributed by atoms with E-state index in [0.717, 1.165) is 0 Å². The maximum absolute atomic E-state index is 10.6. The molecule has 10 heavy (non-hydrogen) atoms. The first-order valence-electron chi connectivity index (χ1n) is 3.48. The predicted molar refractivity (Wildman–Crippen MR) is 39.8 cm³/mol. The van der Waals surface area contributed by atoms with E-state index in [-0.39, 0.29) is 5.91 Å². The summed E-state index contributed by atoms with van der Waals surface area (Å²) >= 11 is 0. The van der Waals surface area contributed by atoms with Crippen molar-refractivity contribution < 1.29 is 9.53 Å². The van der Waals surface area contributed by atoms with Crippen LogP contribution in [0.2, 0.25) is 0 Å². The second-order valence-corrected chi connectivity index (χ2v) is 2.14. The van der Waals surface area contributed by atoms with Crippen LogP contribution in [0.25, 0.3) is 0 Å². The largest absolute Gasteiger partial charge is 0.380 e. The van der Waals surface area contributed by atoms with E-state index in [0.29, 0.717) is 19.8 Å². The van der Waals surface area contributed by atoms with Crippen molar-refractivity contribution in [2.24, 2.45) is 0 Å². The van der Waals surface area contributed by atoms with E-state index in [1.807, 2.05) is 6.92 Å². The fraction of sp³-hybridized carbons (Fsp3) is 0.857. The number of rotatable bonds is 4. The minimum absolute atomic E-state index is 0.0831. The third-order valence-electron chi connectivity index (χ3n) is 1.31. The van der Waals surface area contributed by atoms with Gasteiger partial charge in [0.1, 0.15) is 0 Å². The normalized spacial score (nSPS) is 9.50. The van der Waals surface area contributed by atoms with Crippen LogP contribution in [0.5, 0.6) is 0 Å². The van der Waals surface area contributed by atoms with E-state index in [9.17, 15) is 4.79 Å². The fourth-order valence-corrected chi connectivity index (χ4v) is 0.503. The Hall–Kier alpha value is -0.570. The lowest BCUT2D eigenvalue weighted by molar-refractivity contribution is -0.128. The average Bonchev–Trinajstić information content (AvgIpc) is 1.88. The number of carbonyl (C=O) groups excluding carboxylic acids is 1. The van der Waals surface area contributed by atoms with Gasteiger partial charge in [0.15, 0.2) is 0 Å². The first-order valence-corrected chi connectivity index (χ1v) is 3.48. The van der Waals surface area contributed by atoms with Gasteiger partial charge in [-0.2, -0.15) is 0 Å². The SMILES string of the molecule is CCOCCN(C)C(C)=O. The van der Waals surface area contributed by atoms with Gasteiger partial charge in [-0.3, -0.25) is 4.79 Å². The summed E-state index contributed by atoms with van der Waals surface area (Å²) in [5, 5.41) is 0. The van der Waals surface area contributed by atoms with Crippen molar-refractivity contribution in [3.63, 3.8) is 0 Å². The van der Waals surface area contributed by atoms with Gasteiger partial charge >= 0.3 is 0 Å². The smallest absolute Gasteiger partial charge is 0.219 e. The van der Waals surface area contributed by atoms with Crippen LogP contribution in [-0.4, -0.2) is 37.6 Å². The molecule has 0 bridgehead atoms. The summed E-state index contributed by atoms with van der Waals surface area (Å²) in [6, 6.07) is 0. The lowest BCUT2D eigenvalue weighted by atomic mass is 10.5. The molecule has 0 atom stereocenters. The molecule has 0 radical (unpaired) electrons. The van der Waals surface area contributed by atoms with Gasteiger partial charge in [0, 0.05) is 27.1 Å². The number of ether oxygens (including phenoxy) is 1. The van der Waals surface area contributed by atoms with Crippen LogP contribution in [0.15, 0.2) is 0 Å². The zero-order chi connectivity index (χ0) is 7.98. The Morgan fingerprint density at radius 3 is 2.60 bits per heavy atom. The summed E-state index contributed by atoms with van der Waals surface area (Å²) in [7, 11) is 1.77. The lowest BCUT2D eigenvalue weighted by Gasteiger charge is -2.13. The van der Waals surface area contributed by atoms with Crippen LogP contribution >= 0.6 is 0 Å². The van der Waals surface area contributed by atoms with Crippen LogP contribution < -0.4 is 0 Å². The minimum atomic E-state index is 0.0831. The van der Waals surface area contributed by atoms with Crippen molar-refractivity contribution in [2.45, 2.75) is 13.8 Å². The summed E-state index contributed by atoms with van der Waals surface area (Å²) < 4.78 is 5.06. The number of hydrogen-bond acceptors (Lipinski definition) is 2. The summed E-state index contributed by atoms with van der Waals surface area (Å²) in [6.45, 7) is 5.52. The maximum Gasteiger partial charge on any atom is 0.219 e. The highest BCUT2D eigenvalue weighted by molar-refractivity contribution is 5.72. The Morgan fingerprint density at radius 2 is 2.20 bits per heavy atom. The Morgan fingerprint density at radius 1 is 1.60 bits per heavy atom. The zero-order valence-corrected chi connectivity index (χ0v) is 6.89. The highest BCUT2D eigenvalue weighted by atomic mass is 16.5. The van der Waals surface area contributed by atoms with E-state index >= 15 is 0 Å². The van der Waals surface area contributed by atoms with E-state index in [4.69, 9.17) is 4.74 Å². The zero-order valence-electron chi connectivity index (χ0n) is 6.89. The van der Waals surface area contributed by atoms with E-state index < -0.39 is 0 Å². The molecule has 0 saturated heterocycles.